The second-order valence-corrected chi connectivity index (χ2v) is 5.46. The standard InChI is InChI=1S/C15H27N5O/c1-5-6-13-9-12(10-14(18-13)19-16)15(21)17-7-8-20(4)11(2)3/h9-11H,5-8,16H2,1-4H3,(H,17,21)(H,18,19). The van der Waals surface area contributed by atoms with E-state index in [1.807, 2.05) is 13.1 Å². The molecular formula is C15H27N5O. The zero-order chi connectivity index (χ0) is 15.8. The molecule has 0 radical (unpaired) electrons. The molecule has 0 bridgehead atoms. The summed E-state index contributed by atoms with van der Waals surface area (Å²) in [5, 5.41) is 2.93. The van der Waals surface area contributed by atoms with E-state index in [1.165, 1.54) is 0 Å². The molecule has 0 aliphatic carbocycles. The molecule has 118 valence electrons. The summed E-state index contributed by atoms with van der Waals surface area (Å²) in [5.41, 5.74) is 3.97. The number of aromatic nitrogens is 1. The predicted molar refractivity (Wildman–Crippen MR) is 86.1 cm³/mol. The summed E-state index contributed by atoms with van der Waals surface area (Å²) < 4.78 is 0. The second-order valence-electron chi connectivity index (χ2n) is 5.46. The van der Waals surface area contributed by atoms with Crippen LogP contribution in [0.15, 0.2) is 12.1 Å². The molecular weight excluding hydrogens is 266 g/mol. The summed E-state index contributed by atoms with van der Waals surface area (Å²) in [6, 6.07) is 3.96. The van der Waals surface area contributed by atoms with Crippen LogP contribution in [0.3, 0.4) is 0 Å². The number of aryl methyl sites for hydroxylation is 1. The molecule has 0 spiro atoms. The molecule has 6 nitrogen and oxygen atoms in total. The Kier molecular flexibility index (Phi) is 7.11. The number of pyridine rings is 1. The number of amides is 1. The Hall–Kier alpha value is -1.66. The van der Waals surface area contributed by atoms with Crippen molar-refractivity contribution < 1.29 is 4.79 Å². The highest BCUT2D eigenvalue weighted by atomic mass is 16.1. The molecule has 0 fully saturated rings. The largest absolute Gasteiger partial charge is 0.351 e. The third kappa shape index (κ3) is 5.69. The minimum Gasteiger partial charge on any atom is -0.351 e. The third-order valence-corrected chi connectivity index (χ3v) is 3.43. The van der Waals surface area contributed by atoms with Crippen molar-refractivity contribution in [2.24, 2.45) is 5.84 Å². The van der Waals surface area contributed by atoms with Gasteiger partial charge in [-0.25, -0.2) is 10.8 Å². The molecule has 0 aromatic carbocycles. The van der Waals surface area contributed by atoms with Crippen LogP contribution in [0.2, 0.25) is 0 Å². The van der Waals surface area contributed by atoms with E-state index in [0.717, 1.165) is 25.1 Å². The summed E-state index contributed by atoms with van der Waals surface area (Å²) in [6.07, 6.45) is 1.80. The minimum absolute atomic E-state index is 0.0941. The molecule has 0 aliphatic rings. The fraction of sp³-hybridized carbons (Fsp3) is 0.600. The van der Waals surface area contributed by atoms with Crippen molar-refractivity contribution in [2.75, 3.05) is 25.6 Å². The Bertz CT molecular complexity index is 461. The number of likely N-dealkylation sites (N-methyl/N-ethyl adjacent to an activating group) is 1. The minimum atomic E-state index is -0.0941. The maximum atomic E-state index is 12.2. The summed E-state index contributed by atoms with van der Waals surface area (Å²) in [4.78, 5) is 18.7. The number of nitrogen functional groups attached to an aromatic ring is 1. The zero-order valence-electron chi connectivity index (χ0n) is 13.4. The van der Waals surface area contributed by atoms with E-state index < -0.39 is 0 Å². The number of anilines is 1. The van der Waals surface area contributed by atoms with Crippen molar-refractivity contribution in [3.63, 3.8) is 0 Å². The number of nitrogens with one attached hydrogen (secondary N) is 2. The SMILES string of the molecule is CCCc1cc(C(=O)NCCN(C)C(C)C)cc(NN)n1. The summed E-state index contributed by atoms with van der Waals surface area (Å²) in [5.74, 6) is 5.83. The first kappa shape index (κ1) is 17.4. The maximum Gasteiger partial charge on any atom is 0.251 e. The normalized spacial score (nSPS) is 11.0. The lowest BCUT2D eigenvalue weighted by molar-refractivity contribution is 0.0948. The third-order valence-electron chi connectivity index (χ3n) is 3.43. The first-order valence-corrected chi connectivity index (χ1v) is 7.44. The fourth-order valence-corrected chi connectivity index (χ4v) is 1.88. The first-order valence-electron chi connectivity index (χ1n) is 7.44. The molecule has 6 heteroatoms. The molecule has 1 amide bonds. The lowest BCUT2D eigenvalue weighted by Crippen LogP contribution is -2.36. The molecule has 4 N–H and O–H groups in total. The van der Waals surface area contributed by atoms with Crippen molar-refractivity contribution in [1.82, 2.24) is 15.2 Å². The number of rotatable bonds is 8. The Morgan fingerprint density at radius 1 is 1.43 bits per heavy atom. The van der Waals surface area contributed by atoms with Crippen LogP contribution in [-0.2, 0) is 6.42 Å². The van der Waals surface area contributed by atoms with Gasteiger partial charge in [-0.1, -0.05) is 13.3 Å². The average molecular weight is 293 g/mol. The van der Waals surface area contributed by atoms with E-state index in [0.29, 0.717) is 24.0 Å². The van der Waals surface area contributed by atoms with Gasteiger partial charge in [0.05, 0.1) is 0 Å². The molecule has 0 aliphatic heterocycles. The maximum absolute atomic E-state index is 12.2. The molecule has 1 aromatic heterocycles. The summed E-state index contributed by atoms with van der Waals surface area (Å²) >= 11 is 0. The van der Waals surface area contributed by atoms with Crippen molar-refractivity contribution in [1.29, 1.82) is 0 Å². The van der Waals surface area contributed by atoms with E-state index in [2.05, 4.69) is 41.4 Å². The molecule has 0 atom stereocenters. The van der Waals surface area contributed by atoms with Gasteiger partial charge in [0.25, 0.3) is 5.91 Å². The Labute approximate surface area is 127 Å². The van der Waals surface area contributed by atoms with Crippen molar-refractivity contribution in [3.8, 4) is 0 Å². The van der Waals surface area contributed by atoms with Crippen molar-refractivity contribution in [2.45, 2.75) is 39.7 Å². The van der Waals surface area contributed by atoms with E-state index in [4.69, 9.17) is 5.84 Å². The Morgan fingerprint density at radius 3 is 2.71 bits per heavy atom. The van der Waals surface area contributed by atoms with Gasteiger partial charge in [0.2, 0.25) is 0 Å². The van der Waals surface area contributed by atoms with Crippen LogP contribution in [0.1, 0.15) is 43.2 Å². The number of hydrazine groups is 1. The van der Waals surface area contributed by atoms with E-state index in [1.54, 1.807) is 6.07 Å². The summed E-state index contributed by atoms with van der Waals surface area (Å²) in [7, 11) is 2.04. The van der Waals surface area contributed by atoms with Gasteiger partial charge in [-0.3, -0.25) is 4.79 Å². The average Bonchev–Trinajstić information content (AvgIpc) is 2.46. The molecule has 1 aromatic rings. The van der Waals surface area contributed by atoms with Gasteiger partial charge in [0.1, 0.15) is 5.82 Å². The van der Waals surface area contributed by atoms with Gasteiger partial charge < -0.3 is 15.6 Å². The van der Waals surface area contributed by atoms with E-state index in [9.17, 15) is 4.79 Å². The smallest absolute Gasteiger partial charge is 0.251 e. The van der Waals surface area contributed by atoms with Crippen LogP contribution < -0.4 is 16.6 Å². The molecule has 0 saturated carbocycles. The second kappa shape index (κ2) is 8.59. The zero-order valence-corrected chi connectivity index (χ0v) is 13.4. The topological polar surface area (TPSA) is 83.3 Å². The number of carbonyl (C=O) groups is 1. The fourth-order valence-electron chi connectivity index (χ4n) is 1.88. The van der Waals surface area contributed by atoms with Gasteiger partial charge >= 0.3 is 0 Å². The highest BCUT2D eigenvalue weighted by Gasteiger charge is 2.10. The van der Waals surface area contributed by atoms with Crippen LogP contribution in [0.5, 0.6) is 0 Å². The van der Waals surface area contributed by atoms with Crippen LogP contribution in [0, 0.1) is 0 Å². The number of hydrogen-bond acceptors (Lipinski definition) is 5. The summed E-state index contributed by atoms with van der Waals surface area (Å²) in [6.45, 7) is 7.76. The first-order chi connectivity index (χ1) is 9.97. The Balaban J connectivity index is 2.66. The predicted octanol–water partition coefficient (Wildman–Crippen LogP) is 1.39. The molecule has 1 rings (SSSR count). The molecule has 0 saturated heterocycles. The Morgan fingerprint density at radius 2 is 2.14 bits per heavy atom. The van der Waals surface area contributed by atoms with E-state index in [-0.39, 0.29) is 5.91 Å². The van der Waals surface area contributed by atoms with Gasteiger partial charge in [-0.05, 0) is 39.4 Å². The molecule has 21 heavy (non-hydrogen) atoms. The van der Waals surface area contributed by atoms with Crippen LogP contribution >= 0.6 is 0 Å². The van der Waals surface area contributed by atoms with Crippen molar-refractivity contribution in [3.05, 3.63) is 23.4 Å². The quantitative estimate of drug-likeness (QED) is 0.498. The number of carbonyl (C=O) groups excluding carboxylic acids is 1. The van der Waals surface area contributed by atoms with Gasteiger partial charge in [0.15, 0.2) is 0 Å². The van der Waals surface area contributed by atoms with Gasteiger partial charge in [-0.2, -0.15) is 0 Å². The van der Waals surface area contributed by atoms with Crippen LogP contribution in [0.25, 0.3) is 0 Å². The van der Waals surface area contributed by atoms with Crippen molar-refractivity contribution >= 4 is 11.7 Å². The number of hydrogen-bond donors (Lipinski definition) is 3. The van der Waals surface area contributed by atoms with E-state index >= 15 is 0 Å². The van der Waals surface area contributed by atoms with Gasteiger partial charge in [0, 0.05) is 30.4 Å². The van der Waals surface area contributed by atoms with Gasteiger partial charge in [-0.15, -0.1) is 0 Å². The highest BCUT2D eigenvalue weighted by molar-refractivity contribution is 5.95. The number of nitrogens with zero attached hydrogens (tertiary/aromatic N) is 2. The molecule has 0 unspecified atom stereocenters. The van der Waals surface area contributed by atoms with Crippen LogP contribution in [-0.4, -0.2) is 42.0 Å². The lowest BCUT2D eigenvalue weighted by atomic mass is 10.1. The lowest BCUT2D eigenvalue weighted by Gasteiger charge is -2.20. The number of nitrogens with two attached hydrogens (primary N) is 1. The highest BCUT2D eigenvalue weighted by Crippen LogP contribution is 2.11. The van der Waals surface area contributed by atoms with Crippen LogP contribution in [0.4, 0.5) is 5.82 Å². The monoisotopic (exact) mass is 293 g/mol. The molecule has 1 heterocycles.